The Bertz CT molecular complexity index is 842. The van der Waals surface area contributed by atoms with E-state index in [0.29, 0.717) is 15.4 Å². The number of fused-ring (bicyclic) bond motifs is 1. The third kappa shape index (κ3) is 2.60. The highest BCUT2D eigenvalue weighted by atomic mass is 35.5. The van der Waals surface area contributed by atoms with Crippen LogP contribution in [0.1, 0.15) is 10.4 Å². The number of carbonyl (C=O) groups is 1. The summed E-state index contributed by atoms with van der Waals surface area (Å²) in [6.07, 6.45) is 0. The maximum atomic E-state index is 11.3. The molecule has 3 aromatic rings. The van der Waals surface area contributed by atoms with E-state index in [4.69, 9.17) is 23.2 Å². The van der Waals surface area contributed by atoms with E-state index in [1.165, 1.54) is 0 Å². The van der Waals surface area contributed by atoms with Crippen molar-refractivity contribution in [2.75, 3.05) is 0 Å². The second-order valence-corrected chi connectivity index (χ2v) is 5.52. The van der Waals surface area contributed by atoms with Gasteiger partial charge < -0.3 is 5.11 Å². The highest BCUT2D eigenvalue weighted by Crippen LogP contribution is 2.36. The van der Waals surface area contributed by atoms with Crippen molar-refractivity contribution in [2.45, 2.75) is 0 Å². The lowest BCUT2D eigenvalue weighted by atomic mass is 9.95. The van der Waals surface area contributed by atoms with Crippen LogP contribution in [0.2, 0.25) is 10.0 Å². The number of benzene rings is 3. The summed E-state index contributed by atoms with van der Waals surface area (Å²) in [5.41, 5.74) is 1.92. The molecule has 3 rings (SSSR count). The molecule has 21 heavy (non-hydrogen) atoms. The van der Waals surface area contributed by atoms with Crippen LogP contribution in [0.15, 0.2) is 54.6 Å². The third-order valence-electron chi connectivity index (χ3n) is 3.32. The minimum Gasteiger partial charge on any atom is -0.478 e. The van der Waals surface area contributed by atoms with E-state index in [9.17, 15) is 9.90 Å². The zero-order valence-corrected chi connectivity index (χ0v) is 12.3. The smallest absolute Gasteiger partial charge is 0.335 e. The molecule has 3 aromatic carbocycles. The molecule has 0 aliphatic heterocycles. The normalized spacial score (nSPS) is 10.8. The van der Waals surface area contributed by atoms with Crippen LogP contribution in [0.4, 0.5) is 0 Å². The van der Waals surface area contributed by atoms with Gasteiger partial charge >= 0.3 is 5.97 Å². The Labute approximate surface area is 131 Å². The predicted octanol–water partition coefficient (Wildman–Crippen LogP) is 5.51. The molecule has 4 heteroatoms. The number of carboxylic acids is 1. The van der Waals surface area contributed by atoms with E-state index in [0.717, 1.165) is 16.5 Å². The SMILES string of the molecule is O=C(O)c1cc(-c2ccccc2)c2cc(Cl)cc(Cl)c2c1. The van der Waals surface area contributed by atoms with Crippen molar-refractivity contribution >= 4 is 39.9 Å². The van der Waals surface area contributed by atoms with Crippen molar-refractivity contribution in [3.05, 3.63) is 70.2 Å². The summed E-state index contributed by atoms with van der Waals surface area (Å²) >= 11 is 12.3. The van der Waals surface area contributed by atoms with Crippen molar-refractivity contribution in [1.29, 1.82) is 0 Å². The zero-order chi connectivity index (χ0) is 15.0. The molecular weight excluding hydrogens is 307 g/mol. The van der Waals surface area contributed by atoms with Crippen LogP contribution in [-0.2, 0) is 0 Å². The Hall–Kier alpha value is -2.03. The molecular formula is C17H10Cl2O2. The second kappa shape index (κ2) is 5.40. The summed E-state index contributed by atoms with van der Waals surface area (Å²) in [6, 6.07) is 16.2. The molecule has 0 saturated heterocycles. The van der Waals surface area contributed by atoms with Gasteiger partial charge in [-0.2, -0.15) is 0 Å². The summed E-state index contributed by atoms with van der Waals surface area (Å²) in [7, 11) is 0. The van der Waals surface area contributed by atoms with Crippen LogP contribution >= 0.6 is 23.2 Å². The Morgan fingerprint density at radius 1 is 0.905 bits per heavy atom. The van der Waals surface area contributed by atoms with Gasteiger partial charge in [0.1, 0.15) is 0 Å². The van der Waals surface area contributed by atoms with Crippen LogP contribution in [-0.4, -0.2) is 11.1 Å². The largest absolute Gasteiger partial charge is 0.478 e. The number of aromatic carboxylic acids is 1. The predicted molar refractivity (Wildman–Crippen MR) is 86.4 cm³/mol. The Morgan fingerprint density at radius 2 is 1.62 bits per heavy atom. The van der Waals surface area contributed by atoms with Gasteiger partial charge in [0.25, 0.3) is 0 Å². The highest BCUT2D eigenvalue weighted by molar-refractivity contribution is 6.39. The highest BCUT2D eigenvalue weighted by Gasteiger charge is 2.13. The molecule has 0 aliphatic rings. The number of carboxylic acid groups (broad SMARTS) is 1. The van der Waals surface area contributed by atoms with E-state index in [-0.39, 0.29) is 5.56 Å². The number of hydrogen-bond donors (Lipinski definition) is 1. The van der Waals surface area contributed by atoms with E-state index in [1.807, 2.05) is 30.3 Å². The molecule has 0 radical (unpaired) electrons. The van der Waals surface area contributed by atoms with Crippen molar-refractivity contribution < 1.29 is 9.90 Å². The fourth-order valence-corrected chi connectivity index (χ4v) is 2.91. The third-order valence-corrected chi connectivity index (χ3v) is 3.85. The molecule has 2 nitrogen and oxygen atoms in total. The van der Waals surface area contributed by atoms with Crippen LogP contribution in [0.5, 0.6) is 0 Å². The zero-order valence-electron chi connectivity index (χ0n) is 10.8. The minimum absolute atomic E-state index is 0.200. The molecule has 1 N–H and O–H groups in total. The van der Waals surface area contributed by atoms with Crippen LogP contribution < -0.4 is 0 Å². The molecule has 0 atom stereocenters. The van der Waals surface area contributed by atoms with Crippen LogP contribution in [0.25, 0.3) is 21.9 Å². The maximum Gasteiger partial charge on any atom is 0.335 e. The Balaban J connectivity index is 2.43. The minimum atomic E-state index is -0.986. The van der Waals surface area contributed by atoms with Gasteiger partial charge in [0.15, 0.2) is 0 Å². The fourth-order valence-electron chi connectivity index (χ4n) is 2.36. The van der Waals surface area contributed by atoms with Crippen molar-refractivity contribution in [1.82, 2.24) is 0 Å². The standard InChI is InChI=1S/C17H10Cl2O2/c18-12-8-14-13(10-4-2-1-3-5-10)6-11(17(20)21)7-15(14)16(19)9-12/h1-9H,(H,20,21). The monoisotopic (exact) mass is 316 g/mol. The van der Waals surface area contributed by atoms with Crippen molar-refractivity contribution in [2.24, 2.45) is 0 Å². The lowest BCUT2D eigenvalue weighted by molar-refractivity contribution is 0.0697. The van der Waals surface area contributed by atoms with E-state index >= 15 is 0 Å². The molecule has 0 heterocycles. The second-order valence-electron chi connectivity index (χ2n) is 4.68. The molecule has 0 unspecified atom stereocenters. The molecule has 0 aliphatic carbocycles. The first-order valence-electron chi connectivity index (χ1n) is 6.28. The molecule has 104 valence electrons. The lowest BCUT2D eigenvalue weighted by Crippen LogP contribution is -1.97. The van der Waals surface area contributed by atoms with Crippen molar-refractivity contribution in [3.63, 3.8) is 0 Å². The first-order chi connectivity index (χ1) is 10.1. The Morgan fingerprint density at radius 3 is 2.29 bits per heavy atom. The fraction of sp³-hybridized carbons (Fsp3) is 0. The van der Waals surface area contributed by atoms with Gasteiger partial charge in [0, 0.05) is 15.4 Å². The van der Waals surface area contributed by atoms with Gasteiger partial charge in [-0.1, -0.05) is 53.5 Å². The maximum absolute atomic E-state index is 11.3. The molecule has 0 aromatic heterocycles. The quantitative estimate of drug-likeness (QED) is 0.676. The molecule has 0 bridgehead atoms. The summed E-state index contributed by atoms with van der Waals surface area (Å²) < 4.78 is 0. The number of halogens is 2. The van der Waals surface area contributed by atoms with Crippen molar-refractivity contribution in [3.8, 4) is 11.1 Å². The molecule has 0 spiro atoms. The summed E-state index contributed by atoms with van der Waals surface area (Å²) in [5.74, 6) is -0.986. The van der Waals surface area contributed by atoms with E-state index in [2.05, 4.69) is 0 Å². The van der Waals surface area contributed by atoms with Crippen LogP contribution in [0, 0.1) is 0 Å². The van der Waals surface area contributed by atoms with Crippen LogP contribution in [0.3, 0.4) is 0 Å². The summed E-state index contributed by atoms with van der Waals surface area (Å²) in [5, 5.41) is 11.8. The first-order valence-corrected chi connectivity index (χ1v) is 7.03. The van der Waals surface area contributed by atoms with E-state index in [1.54, 1.807) is 24.3 Å². The average Bonchev–Trinajstić information content (AvgIpc) is 2.47. The van der Waals surface area contributed by atoms with Gasteiger partial charge in [0.05, 0.1) is 5.56 Å². The van der Waals surface area contributed by atoms with Gasteiger partial charge in [-0.05, 0) is 40.8 Å². The molecule has 0 fully saturated rings. The summed E-state index contributed by atoms with van der Waals surface area (Å²) in [6.45, 7) is 0. The first kappa shape index (κ1) is 13.9. The number of hydrogen-bond acceptors (Lipinski definition) is 1. The van der Waals surface area contributed by atoms with Gasteiger partial charge in [-0.25, -0.2) is 4.79 Å². The molecule has 0 amide bonds. The molecule has 0 saturated carbocycles. The Kier molecular flexibility index (Phi) is 3.58. The topological polar surface area (TPSA) is 37.3 Å². The van der Waals surface area contributed by atoms with Gasteiger partial charge in [-0.15, -0.1) is 0 Å². The van der Waals surface area contributed by atoms with Gasteiger partial charge in [0.2, 0.25) is 0 Å². The average molecular weight is 317 g/mol. The summed E-state index contributed by atoms with van der Waals surface area (Å²) in [4.78, 5) is 11.3. The van der Waals surface area contributed by atoms with Gasteiger partial charge in [-0.3, -0.25) is 0 Å². The lowest BCUT2D eigenvalue weighted by Gasteiger charge is -2.11. The number of rotatable bonds is 2. The van der Waals surface area contributed by atoms with E-state index < -0.39 is 5.97 Å².